The summed E-state index contributed by atoms with van der Waals surface area (Å²) in [4.78, 5) is 0. The van der Waals surface area contributed by atoms with Gasteiger partial charge in [0.05, 0.1) is 5.75 Å². The second-order valence-corrected chi connectivity index (χ2v) is 4.91. The molecule has 0 saturated heterocycles. The molecule has 0 amide bonds. The highest BCUT2D eigenvalue weighted by Gasteiger charge is 2.05. The minimum absolute atomic E-state index is 0.240. The van der Waals surface area contributed by atoms with Crippen LogP contribution in [0.5, 0.6) is 0 Å². The average molecular weight is 277 g/mol. The quantitative estimate of drug-likeness (QED) is 0.595. The lowest BCUT2D eigenvalue weighted by Gasteiger charge is -2.01. The molecule has 0 aliphatic carbocycles. The number of halogens is 1. The summed E-state index contributed by atoms with van der Waals surface area (Å²) < 4.78 is 25.0. The molecule has 62 valence electrons. The van der Waals surface area contributed by atoms with Gasteiger partial charge in [0.2, 0.25) is 10.0 Å². The van der Waals surface area contributed by atoms with Gasteiger partial charge in [-0.2, -0.15) is 0 Å². The summed E-state index contributed by atoms with van der Waals surface area (Å²) in [7, 11) is -2.95. The topological polar surface area (TPSA) is 46.2 Å². The highest BCUT2D eigenvalue weighted by atomic mass is 127. The molecule has 0 saturated carbocycles. The largest absolute Gasteiger partial charge is 0.214 e. The SMILES string of the molecule is CCCS(=O)(=O)NCCI. The van der Waals surface area contributed by atoms with Crippen molar-refractivity contribution in [1.82, 2.24) is 4.72 Å². The number of sulfonamides is 1. The van der Waals surface area contributed by atoms with Gasteiger partial charge in [0.1, 0.15) is 0 Å². The molecule has 5 heteroatoms. The summed E-state index contributed by atoms with van der Waals surface area (Å²) in [5.41, 5.74) is 0. The predicted molar refractivity (Wildman–Crippen MR) is 51.0 cm³/mol. The van der Waals surface area contributed by atoms with Gasteiger partial charge in [-0.05, 0) is 6.42 Å². The van der Waals surface area contributed by atoms with Gasteiger partial charge in [0, 0.05) is 11.0 Å². The van der Waals surface area contributed by atoms with Gasteiger partial charge in [-0.1, -0.05) is 29.5 Å². The Labute approximate surface area is 75.8 Å². The molecule has 0 unspecified atom stereocenters. The molecular formula is C5H12INO2S. The van der Waals surface area contributed by atoms with Crippen LogP contribution >= 0.6 is 22.6 Å². The van der Waals surface area contributed by atoms with E-state index in [9.17, 15) is 8.42 Å². The molecule has 0 spiro atoms. The summed E-state index contributed by atoms with van der Waals surface area (Å²) in [5, 5.41) is 0. The molecule has 0 aromatic carbocycles. The van der Waals surface area contributed by atoms with Gasteiger partial charge >= 0.3 is 0 Å². The van der Waals surface area contributed by atoms with Crippen molar-refractivity contribution in [3.63, 3.8) is 0 Å². The van der Waals surface area contributed by atoms with Crippen molar-refractivity contribution >= 4 is 32.6 Å². The number of hydrogen-bond donors (Lipinski definition) is 1. The Morgan fingerprint density at radius 3 is 2.50 bits per heavy atom. The molecule has 0 bridgehead atoms. The van der Waals surface area contributed by atoms with Crippen LogP contribution < -0.4 is 4.72 Å². The smallest absolute Gasteiger partial charge is 0.211 e. The summed E-state index contributed by atoms with van der Waals surface area (Å²) in [6.45, 7) is 2.40. The average Bonchev–Trinajstić information content (AvgIpc) is 1.84. The maximum absolute atomic E-state index is 10.9. The van der Waals surface area contributed by atoms with E-state index >= 15 is 0 Å². The first-order valence-electron chi connectivity index (χ1n) is 3.15. The van der Waals surface area contributed by atoms with Crippen LogP contribution in [0.4, 0.5) is 0 Å². The standard InChI is InChI=1S/C5H12INO2S/c1-2-5-10(8,9)7-4-3-6/h7H,2-5H2,1H3. The van der Waals surface area contributed by atoms with Crippen molar-refractivity contribution in [1.29, 1.82) is 0 Å². The molecule has 0 atom stereocenters. The Balaban J connectivity index is 3.65. The van der Waals surface area contributed by atoms with E-state index in [4.69, 9.17) is 0 Å². The molecule has 0 aromatic heterocycles. The van der Waals surface area contributed by atoms with Crippen molar-refractivity contribution in [2.75, 3.05) is 16.7 Å². The Hall–Kier alpha value is 0.640. The van der Waals surface area contributed by atoms with E-state index in [0.717, 1.165) is 4.43 Å². The molecule has 0 aliphatic rings. The number of nitrogens with one attached hydrogen (secondary N) is 1. The van der Waals surface area contributed by atoms with E-state index in [0.29, 0.717) is 13.0 Å². The van der Waals surface area contributed by atoms with Crippen molar-refractivity contribution in [3.8, 4) is 0 Å². The third-order valence-corrected chi connectivity index (χ3v) is 3.02. The summed E-state index contributed by atoms with van der Waals surface area (Å²) >= 11 is 2.13. The van der Waals surface area contributed by atoms with Gasteiger partial charge in [-0.15, -0.1) is 0 Å². The number of rotatable bonds is 5. The first-order valence-corrected chi connectivity index (χ1v) is 6.33. The highest BCUT2D eigenvalue weighted by Crippen LogP contribution is 1.88. The fourth-order valence-electron chi connectivity index (χ4n) is 0.535. The van der Waals surface area contributed by atoms with Crippen LogP contribution in [0.2, 0.25) is 0 Å². The fraction of sp³-hybridized carbons (Fsp3) is 1.00. The van der Waals surface area contributed by atoms with Crippen LogP contribution in [-0.2, 0) is 10.0 Å². The lowest BCUT2D eigenvalue weighted by molar-refractivity contribution is 0.583. The van der Waals surface area contributed by atoms with Gasteiger partial charge in [0.25, 0.3) is 0 Å². The summed E-state index contributed by atoms with van der Waals surface area (Å²) in [6, 6.07) is 0. The monoisotopic (exact) mass is 277 g/mol. The lowest BCUT2D eigenvalue weighted by atomic mass is 10.6. The minimum Gasteiger partial charge on any atom is -0.214 e. The van der Waals surface area contributed by atoms with Gasteiger partial charge in [-0.25, -0.2) is 13.1 Å². The molecule has 3 nitrogen and oxygen atoms in total. The Bertz CT molecular complexity index is 166. The summed E-state index contributed by atoms with van der Waals surface area (Å²) in [5.74, 6) is 0.240. The molecule has 0 heterocycles. The van der Waals surface area contributed by atoms with Crippen LogP contribution in [0, 0.1) is 0 Å². The Morgan fingerprint density at radius 1 is 1.50 bits per heavy atom. The van der Waals surface area contributed by atoms with Gasteiger partial charge in [-0.3, -0.25) is 0 Å². The first kappa shape index (κ1) is 10.6. The first-order chi connectivity index (χ1) is 4.62. The van der Waals surface area contributed by atoms with E-state index in [1.54, 1.807) is 0 Å². The van der Waals surface area contributed by atoms with Crippen molar-refractivity contribution < 1.29 is 8.42 Å². The zero-order valence-corrected chi connectivity index (χ0v) is 8.91. The highest BCUT2D eigenvalue weighted by molar-refractivity contribution is 14.1. The van der Waals surface area contributed by atoms with Crippen molar-refractivity contribution in [3.05, 3.63) is 0 Å². The van der Waals surface area contributed by atoms with E-state index < -0.39 is 10.0 Å². The predicted octanol–water partition coefficient (Wildman–Crippen LogP) is 0.751. The number of alkyl halides is 1. The van der Waals surface area contributed by atoms with Gasteiger partial charge < -0.3 is 0 Å². The van der Waals surface area contributed by atoms with Crippen LogP contribution in [0.1, 0.15) is 13.3 Å². The second kappa shape index (κ2) is 5.31. The maximum atomic E-state index is 10.9. The molecule has 0 radical (unpaired) electrons. The third-order valence-electron chi connectivity index (χ3n) is 0.889. The van der Waals surface area contributed by atoms with E-state index in [-0.39, 0.29) is 5.75 Å². The Kier molecular flexibility index (Phi) is 5.65. The van der Waals surface area contributed by atoms with Crippen LogP contribution in [0.3, 0.4) is 0 Å². The van der Waals surface area contributed by atoms with E-state index in [1.165, 1.54) is 0 Å². The van der Waals surface area contributed by atoms with Gasteiger partial charge in [0.15, 0.2) is 0 Å². The Morgan fingerprint density at radius 2 is 2.10 bits per heavy atom. The molecule has 0 aromatic rings. The lowest BCUT2D eigenvalue weighted by Crippen LogP contribution is -2.27. The molecule has 0 aliphatic heterocycles. The normalized spacial score (nSPS) is 11.8. The fourth-order valence-corrected chi connectivity index (χ4v) is 2.27. The van der Waals surface area contributed by atoms with Crippen LogP contribution in [0.15, 0.2) is 0 Å². The van der Waals surface area contributed by atoms with E-state index in [1.807, 2.05) is 6.92 Å². The maximum Gasteiger partial charge on any atom is 0.211 e. The molecular weight excluding hydrogens is 265 g/mol. The van der Waals surface area contributed by atoms with Crippen LogP contribution in [0.25, 0.3) is 0 Å². The van der Waals surface area contributed by atoms with Crippen molar-refractivity contribution in [2.24, 2.45) is 0 Å². The number of hydrogen-bond acceptors (Lipinski definition) is 2. The van der Waals surface area contributed by atoms with Crippen molar-refractivity contribution in [2.45, 2.75) is 13.3 Å². The summed E-state index contributed by atoms with van der Waals surface area (Å²) in [6.07, 6.45) is 0.677. The zero-order valence-electron chi connectivity index (χ0n) is 5.93. The molecule has 1 N–H and O–H groups in total. The minimum atomic E-state index is -2.95. The molecule has 10 heavy (non-hydrogen) atoms. The van der Waals surface area contributed by atoms with E-state index in [2.05, 4.69) is 27.3 Å². The van der Waals surface area contributed by atoms with Crippen LogP contribution in [-0.4, -0.2) is 25.1 Å². The third kappa shape index (κ3) is 5.43. The molecule has 0 rings (SSSR count). The second-order valence-electron chi connectivity index (χ2n) is 1.90. The molecule has 0 fully saturated rings. The zero-order chi connectivity index (χ0) is 8.04.